The molecule has 8 heteroatoms. The zero-order chi connectivity index (χ0) is 19.4. The van der Waals surface area contributed by atoms with Crippen molar-refractivity contribution in [3.63, 3.8) is 0 Å². The van der Waals surface area contributed by atoms with Gasteiger partial charge in [-0.05, 0) is 35.9 Å². The molecule has 0 radical (unpaired) electrons. The Labute approximate surface area is 154 Å². The predicted octanol–water partition coefficient (Wildman–Crippen LogP) is 2.47. The van der Waals surface area contributed by atoms with Crippen LogP contribution in [0.2, 0.25) is 0 Å². The van der Waals surface area contributed by atoms with Gasteiger partial charge in [-0.15, -0.1) is 0 Å². The molecule has 0 saturated carbocycles. The Hall–Kier alpha value is -3.16. The maximum absolute atomic E-state index is 13.2. The van der Waals surface area contributed by atoms with Crippen LogP contribution in [0.5, 0.6) is 11.5 Å². The summed E-state index contributed by atoms with van der Waals surface area (Å²) in [6, 6.07) is 8.34. The average molecular weight is 376 g/mol. The molecule has 1 heterocycles. The number of amides is 2. The predicted molar refractivity (Wildman–Crippen MR) is 92.3 cm³/mol. The smallest absolute Gasteiger partial charge is 0.251 e. The van der Waals surface area contributed by atoms with Crippen molar-refractivity contribution in [3.05, 3.63) is 59.2 Å². The van der Waals surface area contributed by atoms with Crippen molar-refractivity contribution in [2.45, 2.75) is 13.5 Å². The van der Waals surface area contributed by atoms with Crippen molar-refractivity contribution >= 4 is 11.8 Å². The maximum atomic E-state index is 13.2. The van der Waals surface area contributed by atoms with Crippen molar-refractivity contribution in [1.29, 1.82) is 0 Å². The third kappa shape index (κ3) is 4.52. The van der Waals surface area contributed by atoms with Crippen LogP contribution < -0.4 is 14.8 Å². The summed E-state index contributed by atoms with van der Waals surface area (Å²) in [5.41, 5.74) is 0.875. The quantitative estimate of drug-likeness (QED) is 0.841. The van der Waals surface area contributed by atoms with E-state index in [2.05, 4.69) is 5.32 Å². The first-order valence-electron chi connectivity index (χ1n) is 8.31. The van der Waals surface area contributed by atoms with E-state index in [0.717, 1.165) is 17.7 Å². The lowest BCUT2D eigenvalue weighted by Crippen LogP contribution is -2.37. The Bertz CT molecular complexity index is 873. The minimum atomic E-state index is -1.09. The topological polar surface area (TPSA) is 67.9 Å². The fourth-order valence-corrected chi connectivity index (χ4v) is 2.65. The molecule has 0 bridgehead atoms. The summed E-state index contributed by atoms with van der Waals surface area (Å²) in [6.07, 6.45) is 0. The summed E-state index contributed by atoms with van der Waals surface area (Å²) >= 11 is 0. The molecule has 142 valence electrons. The van der Waals surface area contributed by atoms with Crippen LogP contribution in [0, 0.1) is 11.6 Å². The van der Waals surface area contributed by atoms with Gasteiger partial charge in [0.2, 0.25) is 12.7 Å². The monoisotopic (exact) mass is 376 g/mol. The van der Waals surface area contributed by atoms with E-state index >= 15 is 0 Å². The van der Waals surface area contributed by atoms with Gasteiger partial charge in [-0.25, -0.2) is 8.78 Å². The van der Waals surface area contributed by atoms with Crippen molar-refractivity contribution < 1.29 is 27.8 Å². The molecule has 0 atom stereocenters. The van der Waals surface area contributed by atoms with Crippen LogP contribution in [-0.4, -0.2) is 36.6 Å². The second kappa shape index (κ2) is 8.03. The highest BCUT2D eigenvalue weighted by Crippen LogP contribution is 2.32. The van der Waals surface area contributed by atoms with Gasteiger partial charge in [-0.1, -0.05) is 6.07 Å². The maximum Gasteiger partial charge on any atom is 0.251 e. The largest absolute Gasteiger partial charge is 0.454 e. The highest BCUT2D eigenvalue weighted by molar-refractivity contribution is 5.94. The first-order valence-corrected chi connectivity index (χ1v) is 8.31. The van der Waals surface area contributed by atoms with Crippen LogP contribution in [0.4, 0.5) is 8.78 Å². The molecular weight excluding hydrogens is 358 g/mol. The number of fused-ring (bicyclic) bond motifs is 1. The zero-order valence-electron chi connectivity index (χ0n) is 14.6. The van der Waals surface area contributed by atoms with Gasteiger partial charge in [0.25, 0.3) is 5.91 Å². The van der Waals surface area contributed by atoms with Crippen molar-refractivity contribution in [3.8, 4) is 11.5 Å². The first-order chi connectivity index (χ1) is 12.9. The lowest BCUT2D eigenvalue weighted by Gasteiger charge is -2.21. The summed E-state index contributed by atoms with van der Waals surface area (Å²) < 4.78 is 36.7. The summed E-state index contributed by atoms with van der Waals surface area (Å²) in [5, 5.41) is 2.59. The van der Waals surface area contributed by atoms with E-state index < -0.39 is 17.5 Å². The molecule has 0 spiro atoms. The molecule has 0 saturated heterocycles. The molecule has 6 nitrogen and oxygen atoms in total. The molecule has 2 amide bonds. The van der Waals surface area contributed by atoms with Crippen LogP contribution in [0.3, 0.4) is 0 Å². The van der Waals surface area contributed by atoms with E-state index in [1.807, 2.05) is 6.07 Å². The average Bonchev–Trinajstić information content (AvgIpc) is 3.10. The molecule has 0 aromatic heterocycles. The van der Waals surface area contributed by atoms with E-state index in [4.69, 9.17) is 9.47 Å². The molecule has 0 fully saturated rings. The van der Waals surface area contributed by atoms with Gasteiger partial charge in [0.15, 0.2) is 23.1 Å². The molecule has 0 aliphatic carbocycles. The van der Waals surface area contributed by atoms with E-state index in [9.17, 15) is 18.4 Å². The molecule has 2 aromatic carbocycles. The molecule has 27 heavy (non-hydrogen) atoms. The fraction of sp³-hybridized carbons (Fsp3) is 0.263. The number of benzene rings is 2. The molecule has 1 aliphatic heterocycles. The number of halogens is 2. The highest BCUT2D eigenvalue weighted by atomic mass is 19.2. The van der Waals surface area contributed by atoms with Gasteiger partial charge in [0, 0.05) is 32.1 Å². The summed E-state index contributed by atoms with van der Waals surface area (Å²) in [4.78, 5) is 25.4. The normalized spacial score (nSPS) is 12.0. The number of nitrogens with one attached hydrogen (secondary N) is 1. The standard InChI is InChI=1S/C19H18F2N2O4/c1-12(24)23(10-13-2-5-17-18(8-13)27-11-26-17)7-6-22-19(25)14-3-4-15(20)16(21)9-14/h2-5,8-9H,6-7,10-11H2,1H3,(H,22,25). The highest BCUT2D eigenvalue weighted by Gasteiger charge is 2.16. The minimum Gasteiger partial charge on any atom is -0.454 e. The Balaban J connectivity index is 1.56. The molecule has 1 N–H and O–H groups in total. The Kier molecular flexibility index (Phi) is 5.54. The lowest BCUT2D eigenvalue weighted by molar-refractivity contribution is -0.129. The van der Waals surface area contributed by atoms with Gasteiger partial charge in [0.1, 0.15) is 0 Å². The summed E-state index contributed by atoms with van der Waals surface area (Å²) in [7, 11) is 0. The number of nitrogens with zero attached hydrogens (tertiary/aromatic N) is 1. The molecule has 0 unspecified atom stereocenters. The number of carbonyl (C=O) groups excluding carboxylic acids is 2. The Morgan fingerprint density at radius 3 is 2.59 bits per heavy atom. The lowest BCUT2D eigenvalue weighted by atomic mass is 10.2. The van der Waals surface area contributed by atoms with Gasteiger partial charge in [0.05, 0.1) is 0 Å². The number of carbonyl (C=O) groups is 2. The van der Waals surface area contributed by atoms with Crippen LogP contribution in [0.15, 0.2) is 36.4 Å². The van der Waals surface area contributed by atoms with Crippen LogP contribution in [0.25, 0.3) is 0 Å². The Morgan fingerprint density at radius 2 is 1.85 bits per heavy atom. The number of rotatable bonds is 6. The Morgan fingerprint density at radius 1 is 1.07 bits per heavy atom. The van der Waals surface area contributed by atoms with Crippen molar-refractivity contribution in [1.82, 2.24) is 10.2 Å². The minimum absolute atomic E-state index is 0.0130. The molecule has 3 rings (SSSR count). The summed E-state index contributed by atoms with van der Waals surface area (Å²) in [6.45, 7) is 2.38. The summed E-state index contributed by atoms with van der Waals surface area (Å²) in [5.74, 6) is -1.52. The molecular formula is C19H18F2N2O4. The van der Waals surface area contributed by atoms with Crippen LogP contribution in [-0.2, 0) is 11.3 Å². The van der Waals surface area contributed by atoms with Crippen molar-refractivity contribution in [2.24, 2.45) is 0 Å². The number of hydrogen-bond donors (Lipinski definition) is 1. The third-order valence-corrected chi connectivity index (χ3v) is 4.10. The van der Waals surface area contributed by atoms with Crippen molar-refractivity contribution in [2.75, 3.05) is 19.9 Å². The van der Waals surface area contributed by atoms with E-state index in [0.29, 0.717) is 18.0 Å². The van der Waals surface area contributed by atoms with E-state index in [1.165, 1.54) is 13.0 Å². The molecule has 1 aliphatic rings. The third-order valence-electron chi connectivity index (χ3n) is 4.10. The van der Waals surface area contributed by atoms with E-state index in [1.54, 1.807) is 17.0 Å². The second-order valence-corrected chi connectivity index (χ2v) is 6.01. The second-order valence-electron chi connectivity index (χ2n) is 6.01. The van der Waals surface area contributed by atoms with Gasteiger partial charge in [-0.3, -0.25) is 9.59 Å². The molecule has 2 aromatic rings. The van der Waals surface area contributed by atoms with Gasteiger partial charge < -0.3 is 19.7 Å². The van der Waals surface area contributed by atoms with Crippen LogP contribution in [0.1, 0.15) is 22.8 Å². The zero-order valence-corrected chi connectivity index (χ0v) is 14.6. The van der Waals surface area contributed by atoms with E-state index in [-0.39, 0.29) is 31.4 Å². The first kappa shape index (κ1) is 18.6. The number of hydrogen-bond acceptors (Lipinski definition) is 4. The van der Waals surface area contributed by atoms with Gasteiger partial charge >= 0.3 is 0 Å². The fourth-order valence-electron chi connectivity index (χ4n) is 2.65. The van der Waals surface area contributed by atoms with Crippen LogP contribution >= 0.6 is 0 Å². The van der Waals surface area contributed by atoms with Gasteiger partial charge in [-0.2, -0.15) is 0 Å². The SMILES string of the molecule is CC(=O)N(CCNC(=O)c1ccc(F)c(F)c1)Cc1ccc2c(c1)OCO2. The number of ether oxygens (including phenoxy) is 2.